The molecule has 0 saturated carbocycles. The summed E-state index contributed by atoms with van der Waals surface area (Å²) in [6, 6.07) is 9.67. The van der Waals surface area contributed by atoms with E-state index in [1.54, 1.807) is 43.0 Å². The van der Waals surface area contributed by atoms with Gasteiger partial charge in [0.25, 0.3) is 5.91 Å². The van der Waals surface area contributed by atoms with E-state index < -0.39 is 22.0 Å². The van der Waals surface area contributed by atoms with Crippen LogP contribution in [-0.2, 0) is 19.6 Å². The summed E-state index contributed by atoms with van der Waals surface area (Å²) in [6.45, 7) is 5.68. The van der Waals surface area contributed by atoms with Crippen molar-refractivity contribution in [1.82, 2.24) is 9.21 Å². The van der Waals surface area contributed by atoms with Gasteiger partial charge in [-0.1, -0.05) is 12.1 Å². The van der Waals surface area contributed by atoms with Crippen LogP contribution in [-0.4, -0.2) is 74.8 Å². The zero-order valence-corrected chi connectivity index (χ0v) is 21.8. The number of para-hydroxylation sites is 1. The molecule has 0 aromatic heterocycles. The number of sulfonamides is 1. The maximum absolute atomic E-state index is 14.2. The van der Waals surface area contributed by atoms with E-state index in [0.29, 0.717) is 68.3 Å². The van der Waals surface area contributed by atoms with Crippen molar-refractivity contribution in [1.29, 1.82) is 0 Å². The zero-order chi connectivity index (χ0) is 26.3. The second-order valence-electron chi connectivity index (χ2n) is 9.83. The van der Waals surface area contributed by atoms with Gasteiger partial charge in [-0.25, -0.2) is 12.8 Å². The number of fused-ring (bicyclic) bond motifs is 1. The number of rotatable bonds is 4. The number of anilines is 2. The Balaban J connectivity index is 1.27. The first-order chi connectivity index (χ1) is 17.6. The van der Waals surface area contributed by atoms with E-state index in [9.17, 15) is 22.4 Å². The van der Waals surface area contributed by atoms with Crippen molar-refractivity contribution < 1.29 is 27.1 Å². The number of hydrogen-bond donors (Lipinski definition) is 1. The molecule has 198 valence electrons. The fourth-order valence-corrected chi connectivity index (χ4v) is 7.00. The van der Waals surface area contributed by atoms with E-state index in [1.807, 2.05) is 4.90 Å². The number of hydrogen-bond acceptors (Lipinski definition) is 6. The minimum Gasteiger partial charge on any atom is -0.479 e. The number of piperazine rings is 1. The van der Waals surface area contributed by atoms with Gasteiger partial charge in [-0.2, -0.15) is 4.31 Å². The SMILES string of the molecule is Cc1cc2c(cc1S(=O)(=O)N1CCC[C@@H](C(=O)N3CCN(c4ccccc4F)CC3)C1)O[C@@H](C)C(=O)N2. The lowest BCUT2D eigenvalue weighted by molar-refractivity contribution is -0.137. The quantitative estimate of drug-likeness (QED) is 0.653. The van der Waals surface area contributed by atoms with Gasteiger partial charge in [-0.15, -0.1) is 0 Å². The van der Waals surface area contributed by atoms with Gasteiger partial charge >= 0.3 is 0 Å². The Morgan fingerprint density at radius 2 is 1.84 bits per heavy atom. The van der Waals surface area contributed by atoms with Gasteiger partial charge in [-0.05, 0) is 50.5 Å². The van der Waals surface area contributed by atoms with E-state index in [1.165, 1.54) is 16.4 Å². The van der Waals surface area contributed by atoms with E-state index >= 15 is 0 Å². The molecule has 0 radical (unpaired) electrons. The van der Waals surface area contributed by atoms with Crippen LogP contribution in [0.15, 0.2) is 41.3 Å². The van der Waals surface area contributed by atoms with Gasteiger partial charge in [0.05, 0.1) is 22.2 Å². The third kappa shape index (κ3) is 4.89. The molecule has 3 heterocycles. The largest absolute Gasteiger partial charge is 0.479 e. The van der Waals surface area contributed by atoms with Crippen molar-refractivity contribution in [2.24, 2.45) is 5.92 Å². The molecular weight excluding hydrogens is 499 g/mol. The second kappa shape index (κ2) is 9.94. The Kier molecular flexibility index (Phi) is 6.84. The number of aryl methyl sites for hydroxylation is 1. The Morgan fingerprint density at radius 3 is 2.57 bits per heavy atom. The summed E-state index contributed by atoms with van der Waals surface area (Å²) in [5.41, 5.74) is 1.47. The fraction of sp³-hybridized carbons (Fsp3) is 0.462. The molecule has 0 spiro atoms. The summed E-state index contributed by atoms with van der Waals surface area (Å²) in [6.07, 6.45) is 0.480. The predicted molar refractivity (Wildman–Crippen MR) is 137 cm³/mol. The molecule has 3 aliphatic rings. The van der Waals surface area contributed by atoms with E-state index in [2.05, 4.69) is 5.32 Å². The smallest absolute Gasteiger partial charge is 0.265 e. The molecule has 2 atom stereocenters. The Bertz CT molecular complexity index is 1330. The number of benzene rings is 2. The Morgan fingerprint density at radius 1 is 1.11 bits per heavy atom. The summed E-state index contributed by atoms with van der Waals surface area (Å²) in [7, 11) is -3.88. The first-order valence-electron chi connectivity index (χ1n) is 12.6. The first-order valence-corrected chi connectivity index (χ1v) is 14.0. The molecule has 9 nitrogen and oxygen atoms in total. The number of nitrogens with zero attached hydrogens (tertiary/aromatic N) is 3. The van der Waals surface area contributed by atoms with Crippen LogP contribution in [0.3, 0.4) is 0 Å². The first kappa shape index (κ1) is 25.5. The van der Waals surface area contributed by atoms with Crippen LogP contribution in [0.25, 0.3) is 0 Å². The highest BCUT2D eigenvalue weighted by Gasteiger charge is 2.37. The van der Waals surface area contributed by atoms with Gasteiger partial charge in [0, 0.05) is 45.3 Å². The molecular formula is C26H31FN4O5S. The van der Waals surface area contributed by atoms with Gasteiger partial charge < -0.3 is 19.9 Å². The molecule has 2 saturated heterocycles. The average Bonchev–Trinajstić information content (AvgIpc) is 2.89. The number of carbonyl (C=O) groups is 2. The minimum atomic E-state index is -3.88. The number of amides is 2. The van der Waals surface area contributed by atoms with Gasteiger partial charge in [0.1, 0.15) is 11.6 Å². The van der Waals surface area contributed by atoms with Crippen molar-refractivity contribution in [3.8, 4) is 5.75 Å². The molecule has 5 rings (SSSR count). The molecule has 0 aliphatic carbocycles. The van der Waals surface area contributed by atoms with Crippen LogP contribution in [0.1, 0.15) is 25.3 Å². The maximum atomic E-state index is 14.2. The summed E-state index contributed by atoms with van der Waals surface area (Å²) in [5.74, 6) is -0.745. The molecule has 2 fully saturated rings. The normalized spacial score (nSPS) is 22.7. The number of piperidine rings is 1. The second-order valence-corrected chi connectivity index (χ2v) is 11.7. The third-order valence-electron chi connectivity index (χ3n) is 7.34. The molecule has 11 heteroatoms. The highest BCUT2D eigenvalue weighted by atomic mass is 32.2. The number of ether oxygens (including phenoxy) is 1. The van der Waals surface area contributed by atoms with E-state index in [0.717, 1.165) is 0 Å². The summed E-state index contributed by atoms with van der Waals surface area (Å²) < 4.78 is 48.4. The monoisotopic (exact) mass is 530 g/mol. The lowest BCUT2D eigenvalue weighted by Gasteiger charge is -2.39. The molecule has 3 aliphatic heterocycles. The molecule has 2 amide bonds. The van der Waals surface area contributed by atoms with Crippen molar-refractivity contribution in [3.63, 3.8) is 0 Å². The zero-order valence-electron chi connectivity index (χ0n) is 20.9. The molecule has 2 aromatic carbocycles. The Labute approximate surface area is 216 Å². The topological polar surface area (TPSA) is 99.3 Å². The van der Waals surface area contributed by atoms with Crippen LogP contribution in [0, 0.1) is 18.7 Å². The van der Waals surface area contributed by atoms with Crippen LogP contribution < -0.4 is 15.0 Å². The predicted octanol–water partition coefficient (Wildman–Crippen LogP) is 2.60. The summed E-state index contributed by atoms with van der Waals surface area (Å²) in [4.78, 5) is 29.1. The molecule has 0 unspecified atom stereocenters. The van der Waals surface area contributed by atoms with E-state index in [4.69, 9.17) is 4.74 Å². The Hall–Kier alpha value is -3.18. The number of carbonyl (C=O) groups excluding carboxylic acids is 2. The number of nitrogens with one attached hydrogen (secondary N) is 1. The highest BCUT2D eigenvalue weighted by molar-refractivity contribution is 7.89. The average molecular weight is 531 g/mol. The lowest BCUT2D eigenvalue weighted by atomic mass is 9.97. The van der Waals surface area contributed by atoms with Crippen LogP contribution in [0.2, 0.25) is 0 Å². The van der Waals surface area contributed by atoms with Crippen LogP contribution in [0.4, 0.5) is 15.8 Å². The van der Waals surface area contributed by atoms with Crippen molar-refractivity contribution in [3.05, 3.63) is 47.8 Å². The third-order valence-corrected chi connectivity index (χ3v) is 9.35. The minimum absolute atomic E-state index is 0.0601. The van der Waals surface area contributed by atoms with Crippen LogP contribution in [0.5, 0.6) is 5.75 Å². The lowest BCUT2D eigenvalue weighted by Crippen LogP contribution is -2.53. The molecule has 0 bridgehead atoms. The maximum Gasteiger partial charge on any atom is 0.265 e. The molecule has 1 N–H and O–H groups in total. The van der Waals surface area contributed by atoms with Gasteiger partial charge in [-0.3, -0.25) is 9.59 Å². The standard InChI is InChI=1S/C26H31FN4O5S/c1-17-14-21-23(36-18(2)25(32)28-21)15-24(17)37(34,35)31-9-5-6-19(16-31)26(33)30-12-10-29(11-13-30)22-8-4-3-7-20(22)27/h3-4,7-8,14-15,18-19H,5-6,9-13,16H2,1-2H3,(H,28,32)/t18-,19+/m0/s1. The van der Waals surface area contributed by atoms with E-state index in [-0.39, 0.29) is 29.1 Å². The summed E-state index contributed by atoms with van der Waals surface area (Å²) in [5, 5.41) is 2.74. The molecule has 37 heavy (non-hydrogen) atoms. The molecule has 2 aromatic rings. The van der Waals surface area contributed by atoms with Crippen LogP contribution >= 0.6 is 0 Å². The van der Waals surface area contributed by atoms with Gasteiger partial charge in [0.15, 0.2) is 6.10 Å². The van der Waals surface area contributed by atoms with Crippen molar-refractivity contribution in [2.75, 3.05) is 49.5 Å². The summed E-state index contributed by atoms with van der Waals surface area (Å²) >= 11 is 0. The van der Waals surface area contributed by atoms with Crippen molar-refractivity contribution >= 4 is 33.2 Å². The van der Waals surface area contributed by atoms with Crippen molar-refractivity contribution in [2.45, 2.75) is 37.7 Å². The highest BCUT2D eigenvalue weighted by Crippen LogP contribution is 2.36. The van der Waals surface area contributed by atoms with Gasteiger partial charge in [0.2, 0.25) is 15.9 Å². The number of halogens is 1. The fourth-order valence-electron chi connectivity index (χ4n) is 5.26.